The van der Waals surface area contributed by atoms with Crippen LogP contribution in [0.4, 0.5) is 0 Å². The Balaban J connectivity index is 0. The fraction of sp³-hybridized carbons (Fsp3) is 1.00. The van der Waals surface area contributed by atoms with Gasteiger partial charge in [-0.25, -0.2) is 0 Å². The van der Waals surface area contributed by atoms with E-state index in [0.717, 1.165) is 0 Å². The second-order valence-electron chi connectivity index (χ2n) is 0.698. The van der Waals surface area contributed by atoms with Gasteiger partial charge in [0.2, 0.25) is 0 Å². The molecule has 0 aromatic heterocycles. The highest BCUT2D eigenvalue weighted by atomic mass is 16.4. The third-order valence-electron chi connectivity index (χ3n) is 0.0894. The minimum atomic E-state index is 1.39. The zero-order chi connectivity index (χ0) is 6.12. The van der Waals surface area contributed by atoms with Crippen LogP contribution in [0.2, 0.25) is 0 Å². The Morgan fingerprint density at radius 3 is 1.71 bits per heavy atom. The molecule has 0 amide bonds. The van der Waals surface area contributed by atoms with Gasteiger partial charge < -0.3 is 4.74 Å². The van der Waals surface area contributed by atoms with Crippen LogP contribution in [-0.4, -0.2) is 21.3 Å². The first kappa shape index (κ1) is 9.55. The summed E-state index contributed by atoms with van der Waals surface area (Å²) < 4.78 is 4.25. The van der Waals surface area contributed by atoms with Gasteiger partial charge in [0, 0.05) is 26.2 Å². The molecule has 0 heterocycles. The lowest BCUT2D eigenvalue weighted by Crippen LogP contribution is -1.55. The molecule has 0 aromatic carbocycles. The van der Waals surface area contributed by atoms with Crippen LogP contribution in [0.15, 0.2) is 5.11 Å². The van der Waals surface area contributed by atoms with Gasteiger partial charge in [-0.2, -0.15) is 0 Å². The van der Waals surface area contributed by atoms with Crippen molar-refractivity contribution in [1.29, 1.82) is 0 Å². The van der Waals surface area contributed by atoms with Crippen molar-refractivity contribution in [3.63, 3.8) is 0 Å². The summed E-state index contributed by atoms with van der Waals surface area (Å²) in [4.78, 5) is 2.36. The van der Waals surface area contributed by atoms with Crippen LogP contribution in [0.5, 0.6) is 0 Å². The third-order valence-corrected chi connectivity index (χ3v) is 0.0894. The smallest absolute Gasteiger partial charge is 0.0351 e. The van der Waals surface area contributed by atoms with Crippen molar-refractivity contribution in [3.8, 4) is 0 Å². The highest BCUT2D eigenvalue weighted by Gasteiger charge is 1.27. The Bertz CT molecular complexity index is 57.2. The predicted molar refractivity (Wildman–Crippen MR) is 28.0 cm³/mol. The second-order valence-corrected chi connectivity index (χ2v) is 0.698. The Morgan fingerprint density at radius 1 is 1.57 bits per heavy atom. The molecule has 0 unspecified atom stereocenters. The maximum Gasteiger partial charge on any atom is 0.0351 e. The molecule has 0 aliphatic heterocycles. The van der Waals surface area contributed by atoms with Gasteiger partial charge in [-0.15, -0.1) is 0 Å². The van der Waals surface area contributed by atoms with E-state index in [2.05, 4.69) is 14.8 Å². The zero-order valence-electron chi connectivity index (χ0n) is 4.75. The molecule has 0 saturated carbocycles. The van der Waals surface area contributed by atoms with Gasteiger partial charge in [-0.1, -0.05) is 5.11 Å². The van der Waals surface area contributed by atoms with E-state index in [1.807, 2.05) is 0 Å². The van der Waals surface area contributed by atoms with Crippen molar-refractivity contribution in [2.45, 2.75) is 0 Å². The molecule has 0 N–H and O–H groups in total. The van der Waals surface area contributed by atoms with E-state index >= 15 is 0 Å². The molecule has 0 radical (unpaired) electrons. The Labute approximate surface area is 42.7 Å². The number of ether oxygens (including phenoxy) is 1. The first-order valence-electron chi connectivity index (χ1n) is 1.66. The van der Waals surface area contributed by atoms with Crippen molar-refractivity contribution in [2.24, 2.45) is 5.11 Å². The number of hydrogen-bond acceptors (Lipinski definition) is 2. The molecule has 4 nitrogen and oxygen atoms in total. The fourth-order valence-corrected chi connectivity index (χ4v) is 0. The molecule has 0 aliphatic carbocycles. The molecule has 0 saturated heterocycles. The highest BCUT2D eigenvalue weighted by molar-refractivity contribution is 4.30. The van der Waals surface area contributed by atoms with Crippen LogP contribution in [0, 0.1) is 0 Å². The van der Waals surface area contributed by atoms with Crippen LogP contribution in [0.1, 0.15) is 0 Å². The molecule has 0 aromatic rings. The fourth-order valence-electron chi connectivity index (χ4n) is 0. The normalized spacial score (nSPS) is 5.00. The summed E-state index contributed by atoms with van der Waals surface area (Å²) >= 11 is 0. The molecule has 42 valence electrons. The van der Waals surface area contributed by atoms with Crippen molar-refractivity contribution >= 4 is 0 Å². The molecule has 0 atom stereocenters. The summed E-state index contributed by atoms with van der Waals surface area (Å²) in [5, 5.41) is 2.92. The van der Waals surface area contributed by atoms with Crippen LogP contribution >= 0.6 is 0 Å². The van der Waals surface area contributed by atoms with Gasteiger partial charge in [0.25, 0.3) is 0 Å². The summed E-state index contributed by atoms with van der Waals surface area (Å²) in [5.74, 6) is 0. The molecule has 0 rings (SSSR count). The number of hydrogen-bond donors (Lipinski definition) is 0. The molecule has 4 heteroatoms. The number of rotatable bonds is 0. The van der Waals surface area contributed by atoms with E-state index in [9.17, 15) is 0 Å². The van der Waals surface area contributed by atoms with Gasteiger partial charge in [0.1, 0.15) is 0 Å². The van der Waals surface area contributed by atoms with Gasteiger partial charge in [0.15, 0.2) is 0 Å². The van der Waals surface area contributed by atoms with Gasteiger partial charge in [-0.05, 0) is 5.53 Å². The van der Waals surface area contributed by atoms with Crippen LogP contribution < -0.4 is 0 Å². The lowest BCUT2D eigenvalue weighted by Gasteiger charge is -1.61. The van der Waals surface area contributed by atoms with Crippen LogP contribution in [-0.2, 0) is 4.74 Å². The van der Waals surface area contributed by atoms with E-state index in [0.29, 0.717) is 0 Å². The maximum absolute atomic E-state index is 7.33. The Morgan fingerprint density at radius 2 is 1.71 bits per heavy atom. The monoisotopic (exact) mass is 103 g/mol. The largest absolute Gasteiger partial charge is 0.388 e. The maximum atomic E-state index is 7.33. The van der Waals surface area contributed by atoms with Crippen LogP contribution in [0.3, 0.4) is 0 Å². The summed E-state index contributed by atoms with van der Waals surface area (Å²) in [5.41, 5.74) is 7.33. The second kappa shape index (κ2) is 18.6. The van der Waals surface area contributed by atoms with Gasteiger partial charge in [-0.3, -0.25) is 0 Å². The zero-order valence-corrected chi connectivity index (χ0v) is 4.75. The van der Waals surface area contributed by atoms with Crippen molar-refractivity contribution in [2.75, 3.05) is 21.3 Å². The minimum Gasteiger partial charge on any atom is -0.388 e. The average molecular weight is 103 g/mol. The molecular weight excluding hydrogens is 94.1 g/mol. The topological polar surface area (TPSA) is 58.0 Å². The lowest BCUT2D eigenvalue weighted by molar-refractivity contribution is 0.277. The van der Waals surface area contributed by atoms with Crippen molar-refractivity contribution in [3.05, 3.63) is 10.4 Å². The summed E-state index contributed by atoms with van der Waals surface area (Å²) in [7, 11) is 4.64. The van der Waals surface area contributed by atoms with Crippen LogP contribution in [0.25, 0.3) is 10.4 Å². The molecule has 7 heavy (non-hydrogen) atoms. The molecular formula is C3H9N3O. The van der Waals surface area contributed by atoms with E-state index < -0.39 is 0 Å². The van der Waals surface area contributed by atoms with E-state index in [-0.39, 0.29) is 0 Å². The Kier molecular flexibility index (Phi) is 25.4. The molecule has 0 spiro atoms. The molecule has 0 bridgehead atoms. The van der Waals surface area contributed by atoms with Gasteiger partial charge >= 0.3 is 0 Å². The number of methoxy groups -OCH3 is 1. The lowest BCUT2D eigenvalue weighted by atomic mass is 11.6. The average Bonchev–Trinajstić information content (AvgIpc) is 1.69. The van der Waals surface area contributed by atoms with Crippen molar-refractivity contribution in [1.82, 2.24) is 0 Å². The van der Waals surface area contributed by atoms with Gasteiger partial charge in [0.05, 0.1) is 0 Å². The van der Waals surface area contributed by atoms with E-state index in [4.69, 9.17) is 5.53 Å². The molecule has 0 fully saturated rings. The summed E-state index contributed by atoms with van der Waals surface area (Å²) in [6.45, 7) is 0. The summed E-state index contributed by atoms with van der Waals surface area (Å²) in [6.07, 6.45) is 0. The van der Waals surface area contributed by atoms with E-state index in [1.165, 1.54) is 7.05 Å². The Hall–Kier alpha value is -0.730. The number of nitrogens with zero attached hydrogens (tertiary/aromatic N) is 3. The standard InChI is InChI=1S/C2H6O.CH3N3/c1-3-2;1-3-4-2/h1-2H3;1H3. The SMILES string of the molecule is CN=[N+]=[N-].COC. The summed E-state index contributed by atoms with van der Waals surface area (Å²) in [6, 6.07) is 0. The quantitative estimate of drug-likeness (QED) is 0.258. The van der Waals surface area contributed by atoms with E-state index in [1.54, 1.807) is 14.2 Å². The number of azide groups is 1. The first-order chi connectivity index (χ1) is 3.33. The predicted octanol–water partition coefficient (Wildman–Crippen LogP) is 1.19. The molecule has 0 aliphatic rings. The third kappa shape index (κ3) is 773. The van der Waals surface area contributed by atoms with Crippen molar-refractivity contribution < 1.29 is 4.74 Å². The highest BCUT2D eigenvalue weighted by Crippen LogP contribution is 1.46. The minimum absolute atomic E-state index is 1.39. The first-order valence-corrected chi connectivity index (χ1v) is 1.66.